The molecular weight excluding hydrogens is 342 g/mol. The maximum Gasteiger partial charge on any atom is 0.279 e. The van der Waals surface area contributed by atoms with Crippen molar-refractivity contribution in [2.24, 2.45) is 0 Å². The van der Waals surface area contributed by atoms with E-state index in [0.29, 0.717) is 21.9 Å². The van der Waals surface area contributed by atoms with Gasteiger partial charge in [0.15, 0.2) is 0 Å². The van der Waals surface area contributed by atoms with E-state index in [2.05, 4.69) is 15.3 Å². The quantitative estimate of drug-likeness (QED) is 0.545. The molecule has 0 aliphatic rings. The van der Waals surface area contributed by atoms with Gasteiger partial charge in [0.05, 0.1) is 16.4 Å². The molecule has 2 aromatic carbocycles. The summed E-state index contributed by atoms with van der Waals surface area (Å²) in [7, 11) is -3.58. The van der Waals surface area contributed by atoms with Crippen LogP contribution in [0.1, 0.15) is 0 Å². The lowest BCUT2D eigenvalue weighted by molar-refractivity contribution is 0.476. The molecule has 0 spiro atoms. The summed E-state index contributed by atoms with van der Waals surface area (Å²) < 4.78 is 26.8. The summed E-state index contributed by atoms with van der Waals surface area (Å²) >= 11 is 0. The van der Waals surface area contributed by atoms with Crippen molar-refractivity contribution in [3.8, 4) is 0 Å². The SMILES string of the molecule is CS(=O)(=O)c1nc2ccccc2n1Cn1nnc2ccccc2c1=O. The van der Waals surface area contributed by atoms with Crippen LogP contribution in [0, 0.1) is 0 Å². The van der Waals surface area contributed by atoms with Gasteiger partial charge in [-0.3, -0.25) is 9.36 Å². The van der Waals surface area contributed by atoms with E-state index in [0.717, 1.165) is 10.9 Å². The van der Waals surface area contributed by atoms with Gasteiger partial charge < -0.3 is 0 Å². The van der Waals surface area contributed by atoms with E-state index in [4.69, 9.17) is 0 Å². The minimum absolute atomic E-state index is 0.0976. The summed E-state index contributed by atoms with van der Waals surface area (Å²) in [6, 6.07) is 13.9. The number of hydrogen-bond acceptors (Lipinski definition) is 6. The monoisotopic (exact) mass is 355 g/mol. The van der Waals surface area contributed by atoms with Crippen LogP contribution in [0.25, 0.3) is 21.9 Å². The largest absolute Gasteiger partial charge is 0.294 e. The average molecular weight is 355 g/mol. The van der Waals surface area contributed by atoms with Crippen LogP contribution in [-0.2, 0) is 16.5 Å². The zero-order valence-corrected chi connectivity index (χ0v) is 14.0. The number of para-hydroxylation sites is 2. The Bertz CT molecular complexity index is 1270. The van der Waals surface area contributed by atoms with Gasteiger partial charge in [-0.15, -0.1) is 5.10 Å². The lowest BCUT2D eigenvalue weighted by Gasteiger charge is -2.09. The molecule has 0 amide bonds. The Labute approximate surface area is 142 Å². The first-order valence-electron chi connectivity index (χ1n) is 7.43. The summed E-state index contributed by atoms with van der Waals surface area (Å²) in [6.07, 6.45) is 1.08. The van der Waals surface area contributed by atoms with E-state index in [-0.39, 0.29) is 17.4 Å². The predicted molar refractivity (Wildman–Crippen MR) is 92.0 cm³/mol. The van der Waals surface area contributed by atoms with Crippen LogP contribution in [-0.4, -0.2) is 39.2 Å². The minimum Gasteiger partial charge on any atom is -0.294 e. The van der Waals surface area contributed by atoms with E-state index in [1.807, 2.05) is 0 Å². The smallest absolute Gasteiger partial charge is 0.279 e. The Kier molecular flexibility index (Phi) is 3.39. The van der Waals surface area contributed by atoms with Gasteiger partial charge in [-0.25, -0.2) is 13.4 Å². The van der Waals surface area contributed by atoms with Crippen LogP contribution in [0.4, 0.5) is 0 Å². The normalized spacial score (nSPS) is 12.0. The fourth-order valence-electron chi connectivity index (χ4n) is 2.72. The highest BCUT2D eigenvalue weighted by Gasteiger charge is 2.20. The van der Waals surface area contributed by atoms with Gasteiger partial charge >= 0.3 is 0 Å². The fraction of sp³-hybridized carbons (Fsp3) is 0.125. The molecule has 0 radical (unpaired) electrons. The molecule has 0 saturated carbocycles. The van der Waals surface area contributed by atoms with Crippen LogP contribution >= 0.6 is 0 Å². The fourth-order valence-corrected chi connectivity index (χ4v) is 3.54. The second-order valence-electron chi connectivity index (χ2n) is 5.64. The number of fused-ring (bicyclic) bond motifs is 2. The number of hydrogen-bond donors (Lipinski definition) is 0. The third-order valence-corrected chi connectivity index (χ3v) is 4.83. The lowest BCUT2D eigenvalue weighted by atomic mass is 10.2. The molecule has 0 saturated heterocycles. The summed E-state index contributed by atoms with van der Waals surface area (Å²) in [5, 5.41) is 8.25. The third-order valence-electron chi connectivity index (χ3n) is 3.86. The molecule has 126 valence electrons. The Morgan fingerprint density at radius 2 is 1.68 bits per heavy atom. The highest BCUT2D eigenvalue weighted by Crippen LogP contribution is 2.19. The number of sulfone groups is 1. The predicted octanol–water partition coefficient (Wildman–Crippen LogP) is 1.05. The number of imidazole rings is 1. The van der Waals surface area contributed by atoms with Crippen LogP contribution in [0.2, 0.25) is 0 Å². The molecule has 2 heterocycles. The van der Waals surface area contributed by atoms with E-state index in [9.17, 15) is 13.2 Å². The van der Waals surface area contributed by atoms with Crippen LogP contribution in [0.3, 0.4) is 0 Å². The third kappa shape index (κ3) is 2.58. The standard InChI is InChI=1S/C16H13N5O3S/c1-25(23,24)16-17-13-8-4-5-9-14(13)20(16)10-21-15(22)11-6-2-3-7-12(11)18-19-21/h2-9H,10H2,1H3. The Morgan fingerprint density at radius 1 is 1.00 bits per heavy atom. The number of benzene rings is 2. The molecular formula is C16H13N5O3S. The topological polar surface area (TPSA) is 99.7 Å². The molecule has 0 aliphatic carbocycles. The maximum absolute atomic E-state index is 12.6. The molecule has 0 N–H and O–H groups in total. The highest BCUT2D eigenvalue weighted by molar-refractivity contribution is 7.90. The van der Waals surface area contributed by atoms with Gasteiger partial charge in [0.25, 0.3) is 5.56 Å². The number of aromatic nitrogens is 5. The Morgan fingerprint density at radius 3 is 2.44 bits per heavy atom. The Balaban J connectivity index is 1.95. The van der Waals surface area contributed by atoms with Crippen molar-refractivity contribution in [3.63, 3.8) is 0 Å². The highest BCUT2D eigenvalue weighted by atomic mass is 32.2. The molecule has 0 atom stereocenters. The first-order chi connectivity index (χ1) is 11.9. The Hall–Kier alpha value is -3.07. The number of rotatable bonds is 3. The van der Waals surface area contributed by atoms with Gasteiger partial charge in [-0.05, 0) is 24.3 Å². The summed E-state index contributed by atoms with van der Waals surface area (Å²) in [5.74, 6) is 0. The van der Waals surface area contributed by atoms with Crippen LogP contribution < -0.4 is 5.56 Å². The van der Waals surface area contributed by atoms with Crippen molar-refractivity contribution < 1.29 is 8.42 Å². The first-order valence-corrected chi connectivity index (χ1v) is 9.32. The first kappa shape index (κ1) is 15.5. The van der Waals surface area contributed by atoms with E-state index in [1.54, 1.807) is 48.5 Å². The van der Waals surface area contributed by atoms with E-state index < -0.39 is 9.84 Å². The maximum atomic E-state index is 12.6. The van der Waals surface area contributed by atoms with Crippen molar-refractivity contribution >= 4 is 31.8 Å². The average Bonchev–Trinajstić information content (AvgIpc) is 2.97. The molecule has 0 aliphatic heterocycles. The molecule has 8 nitrogen and oxygen atoms in total. The van der Waals surface area contributed by atoms with Crippen molar-refractivity contribution in [2.45, 2.75) is 11.8 Å². The summed E-state index contributed by atoms with van der Waals surface area (Å²) in [4.78, 5) is 16.8. The van der Waals surface area contributed by atoms with E-state index >= 15 is 0 Å². The molecule has 0 bridgehead atoms. The van der Waals surface area contributed by atoms with E-state index in [1.165, 1.54) is 4.57 Å². The summed E-state index contributed by atoms with van der Waals surface area (Å²) in [5.41, 5.74) is 1.28. The number of nitrogens with zero attached hydrogens (tertiary/aromatic N) is 5. The molecule has 0 unspecified atom stereocenters. The van der Waals surface area contributed by atoms with Crippen LogP contribution in [0.5, 0.6) is 0 Å². The minimum atomic E-state index is -3.58. The summed E-state index contributed by atoms with van der Waals surface area (Å²) in [6.45, 7) is -0.0976. The van der Waals surface area contributed by atoms with Crippen LogP contribution in [0.15, 0.2) is 58.5 Å². The molecule has 4 rings (SSSR count). The van der Waals surface area contributed by atoms with Crippen molar-refractivity contribution in [1.29, 1.82) is 0 Å². The second-order valence-corrected chi connectivity index (χ2v) is 7.55. The molecule has 0 fully saturated rings. The molecule has 9 heteroatoms. The van der Waals surface area contributed by atoms with Crippen molar-refractivity contribution in [2.75, 3.05) is 6.26 Å². The van der Waals surface area contributed by atoms with Gasteiger partial charge in [-0.2, -0.15) is 4.68 Å². The molecule has 2 aromatic heterocycles. The zero-order chi connectivity index (χ0) is 17.6. The van der Waals surface area contributed by atoms with Gasteiger partial charge in [0.1, 0.15) is 12.2 Å². The van der Waals surface area contributed by atoms with Gasteiger partial charge in [-0.1, -0.05) is 29.5 Å². The molecule has 4 aromatic rings. The molecule has 25 heavy (non-hydrogen) atoms. The zero-order valence-electron chi connectivity index (χ0n) is 13.2. The van der Waals surface area contributed by atoms with Gasteiger partial charge in [0, 0.05) is 6.26 Å². The second kappa shape index (κ2) is 5.49. The van der Waals surface area contributed by atoms with Crippen molar-refractivity contribution in [3.05, 3.63) is 58.9 Å². The van der Waals surface area contributed by atoms with Gasteiger partial charge in [0.2, 0.25) is 15.0 Å². The lowest BCUT2D eigenvalue weighted by Crippen LogP contribution is -2.28. The van der Waals surface area contributed by atoms with Crippen molar-refractivity contribution in [1.82, 2.24) is 24.5 Å².